The van der Waals surface area contributed by atoms with Crippen LogP contribution in [0.3, 0.4) is 0 Å². The molecular weight excluding hydrogens is 909 g/mol. The Morgan fingerprint density at radius 2 is 0.301 bits per heavy atom. The Morgan fingerprint density at radius 1 is 0.192 bits per heavy atom. The number of hydrogen-bond donors (Lipinski definition) is 0. The van der Waals surface area contributed by atoms with Gasteiger partial charge in [0.2, 0.25) is 0 Å². The lowest BCUT2D eigenvalue weighted by atomic mass is 10.0. The van der Waals surface area contributed by atoms with Gasteiger partial charge in [0.05, 0.1) is 0 Å². The molecule has 432 valence electrons. The topological polar surface area (TPSA) is 105 Å². The first-order valence-electron chi connectivity index (χ1n) is 32.7. The maximum absolute atomic E-state index is 13.6. The van der Waals surface area contributed by atoms with Gasteiger partial charge in [0.15, 0.2) is 0 Å². The van der Waals surface area contributed by atoms with Crippen LogP contribution >= 0.6 is 0 Å². The second kappa shape index (κ2) is 57.6. The van der Waals surface area contributed by atoms with Crippen LogP contribution in [0.15, 0.2) is 0 Å². The van der Waals surface area contributed by atoms with Gasteiger partial charge in [-0.15, -0.1) is 0 Å². The van der Waals surface area contributed by atoms with Crippen LogP contribution in [0.1, 0.15) is 387 Å². The van der Waals surface area contributed by atoms with E-state index in [9.17, 15) is 19.2 Å². The minimum atomic E-state index is -2.86. The van der Waals surface area contributed by atoms with Crippen LogP contribution < -0.4 is 0 Å². The lowest BCUT2D eigenvalue weighted by molar-refractivity contribution is -0.432. The van der Waals surface area contributed by atoms with Crippen molar-refractivity contribution in [3.63, 3.8) is 0 Å². The molecule has 0 N–H and O–H groups in total. The van der Waals surface area contributed by atoms with Gasteiger partial charge in [-0.3, -0.25) is 19.2 Å². The smallest absolute Gasteiger partial charge is 0.352 e. The standard InChI is InChI=1S/C65H124O8/c1-5-9-13-17-21-25-29-33-37-41-45-49-53-57-61(66)70-65(71-62(67)58-54-50-46-42-38-34-30-26-22-18-14-10-6-2,72-63(68)59-55-51-47-43-39-35-31-27-23-19-15-11-7-3)73-64(69)60-56-52-48-44-40-36-32-28-24-20-16-12-8-4/h5-60H2,1-4H3. The molecule has 8 nitrogen and oxygen atoms in total. The third kappa shape index (κ3) is 53.1. The minimum Gasteiger partial charge on any atom is -0.352 e. The minimum absolute atomic E-state index is 0.0444. The molecule has 0 fully saturated rings. The van der Waals surface area contributed by atoms with Gasteiger partial charge < -0.3 is 18.9 Å². The Balaban J connectivity index is 5.46. The molecule has 8 heteroatoms. The van der Waals surface area contributed by atoms with Crippen molar-refractivity contribution in [2.24, 2.45) is 0 Å². The number of carbonyl (C=O) groups is 4. The first-order valence-corrected chi connectivity index (χ1v) is 32.7. The fourth-order valence-corrected chi connectivity index (χ4v) is 10.0. The van der Waals surface area contributed by atoms with Gasteiger partial charge in [-0.05, 0) is 25.7 Å². The van der Waals surface area contributed by atoms with Crippen LogP contribution in [0, 0.1) is 0 Å². The average molecular weight is 1030 g/mol. The number of carbonyl (C=O) groups excluding carboxylic acids is 4. The number of rotatable bonds is 60. The summed E-state index contributed by atoms with van der Waals surface area (Å²) in [6.45, 7) is 9.03. The highest BCUT2D eigenvalue weighted by molar-refractivity contribution is 5.75. The van der Waals surface area contributed by atoms with Crippen molar-refractivity contribution in [1.82, 2.24) is 0 Å². The molecule has 0 aromatic heterocycles. The van der Waals surface area contributed by atoms with E-state index in [1.165, 1.54) is 231 Å². The maximum Gasteiger partial charge on any atom is 0.619 e. The summed E-state index contributed by atoms with van der Waals surface area (Å²) in [6.07, 6.45) is 58.5. The summed E-state index contributed by atoms with van der Waals surface area (Å²) in [5, 5.41) is 0. The molecule has 0 bridgehead atoms. The summed E-state index contributed by atoms with van der Waals surface area (Å²) in [5.74, 6) is -2.84. The zero-order chi connectivity index (χ0) is 53.2. The van der Waals surface area contributed by atoms with E-state index in [0.717, 1.165) is 77.0 Å². The van der Waals surface area contributed by atoms with E-state index in [1.54, 1.807) is 0 Å². The number of unbranched alkanes of at least 4 members (excludes halogenated alkanes) is 48. The van der Waals surface area contributed by atoms with E-state index >= 15 is 0 Å². The molecule has 0 aromatic rings. The Morgan fingerprint density at radius 3 is 0.425 bits per heavy atom. The van der Waals surface area contributed by atoms with Crippen molar-refractivity contribution < 1.29 is 38.1 Å². The fraction of sp³-hybridized carbons (Fsp3) is 0.938. The van der Waals surface area contributed by atoms with Crippen LogP contribution in [-0.2, 0) is 38.1 Å². The molecule has 0 atom stereocenters. The first kappa shape index (κ1) is 70.9. The molecule has 0 radical (unpaired) electrons. The largest absolute Gasteiger partial charge is 0.619 e. The van der Waals surface area contributed by atoms with E-state index in [0.29, 0.717) is 25.7 Å². The molecule has 0 unspecified atom stereocenters. The lowest BCUT2D eigenvalue weighted by Gasteiger charge is -2.29. The van der Waals surface area contributed by atoms with E-state index in [1.807, 2.05) is 0 Å². The molecular formula is C65H124O8. The van der Waals surface area contributed by atoms with E-state index in [2.05, 4.69) is 27.7 Å². The second-order valence-corrected chi connectivity index (χ2v) is 22.4. The molecule has 0 saturated heterocycles. The predicted molar refractivity (Wildman–Crippen MR) is 308 cm³/mol. The highest BCUT2D eigenvalue weighted by Crippen LogP contribution is 2.26. The van der Waals surface area contributed by atoms with Crippen LogP contribution in [-0.4, -0.2) is 30.0 Å². The molecule has 0 aromatic carbocycles. The molecule has 0 rings (SSSR count). The molecule has 0 saturated carbocycles. The van der Waals surface area contributed by atoms with Gasteiger partial charge in [-0.1, -0.05) is 336 Å². The van der Waals surface area contributed by atoms with Crippen molar-refractivity contribution in [2.45, 2.75) is 393 Å². The molecule has 0 aliphatic rings. The zero-order valence-electron chi connectivity index (χ0n) is 49.4. The predicted octanol–water partition coefficient (Wildman–Crippen LogP) is 21.7. The molecule has 0 amide bonds. The molecule has 73 heavy (non-hydrogen) atoms. The van der Waals surface area contributed by atoms with Gasteiger partial charge in [-0.25, -0.2) is 0 Å². The van der Waals surface area contributed by atoms with Crippen molar-refractivity contribution in [3.05, 3.63) is 0 Å². The van der Waals surface area contributed by atoms with Crippen LogP contribution in [0.5, 0.6) is 0 Å². The summed E-state index contributed by atoms with van der Waals surface area (Å²) in [6, 6.07) is 0. The van der Waals surface area contributed by atoms with Crippen molar-refractivity contribution in [3.8, 4) is 0 Å². The summed E-state index contributed by atoms with van der Waals surface area (Å²) in [5.41, 5.74) is 0. The van der Waals surface area contributed by atoms with E-state index in [-0.39, 0.29) is 25.7 Å². The van der Waals surface area contributed by atoms with Crippen LogP contribution in [0.4, 0.5) is 0 Å². The van der Waals surface area contributed by atoms with E-state index in [4.69, 9.17) is 18.9 Å². The summed E-state index contributed by atoms with van der Waals surface area (Å²) in [4.78, 5) is 54.3. The summed E-state index contributed by atoms with van der Waals surface area (Å²) in [7, 11) is 0. The summed E-state index contributed by atoms with van der Waals surface area (Å²) < 4.78 is 23.0. The van der Waals surface area contributed by atoms with Crippen molar-refractivity contribution >= 4 is 23.9 Å². The Bertz CT molecular complexity index is 1010. The quantitative estimate of drug-likeness (QED) is 0.0337. The van der Waals surface area contributed by atoms with Crippen LogP contribution in [0.2, 0.25) is 0 Å². The maximum atomic E-state index is 13.6. The Labute approximate surface area is 453 Å². The number of esters is 4. The average Bonchev–Trinajstić information content (AvgIpc) is 3.37. The lowest BCUT2D eigenvalue weighted by Crippen LogP contribution is -2.48. The van der Waals surface area contributed by atoms with Crippen molar-refractivity contribution in [1.29, 1.82) is 0 Å². The molecule has 0 spiro atoms. The fourth-order valence-electron chi connectivity index (χ4n) is 10.0. The monoisotopic (exact) mass is 1030 g/mol. The van der Waals surface area contributed by atoms with Crippen molar-refractivity contribution in [2.75, 3.05) is 0 Å². The highest BCUT2D eigenvalue weighted by atomic mass is 17.0. The number of ether oxygens (including phenoxy) is 4. The van der Waals surface area contributed by atoms with Crippen LogP contribution in [0.25, 0.3) is 0 Å². The second-order valence-electron chi connectivity index (χ2n) is 22.4. The highest BCUT2D eigenvalue weighted by Gasteiger charge is 2.49. The molecule has 0 aliphatic heterocycles. The first-order chi connectivity index (χ1) is 35.8. The van der Waals surface area contributed by atoms with Gasteiger partial charge in [-0.2, -0.15) is 0 Å². The van der Waals surface area contributed by atoms with Gasteiger partial charge in [0.1, 0.15) is 0 Å². The number of hydrogen-bond acceptors (Lipinski definition) is 8. The Hall–Kier alpha value is -2.12. The SMILES string of the molecule is CCCCCCCCCCCCCCCC(=O)OC(OC(=O)CCCCCCCCCCCCCCC)(OC(=O)CCCCCCCCCCCCCCC)OC(=O)CCCCCCCCCCCCCCC. The summed E-state index contributed by atoms with van der Waals surface area (Å²) >= 11 is 0. The molecule has 0 aliphatic carbocycles. The van der Waals surface area contributed by atoms with Gasteiger partial charge in [0.25, 0.3) is 0 Å². The zero-order valence-corrected chi connectivity index (χ0v) is 49.4. The third-order valence-electron chi connectivity index (χ3n) is 14.9. The molecule has 0 heterocycles. The third-order valence-corrected chi connectivity index (χ3v) is 14.9. The van der Waals surface area contributed by atoms with Gasteiger partial charge >= 0.3 is 30.0 Å². The Kier molecular flexibility index (Phi) is 55.9. The van der Waals surface area contributed by atoms with Gasteiger partial charge in [0, 0.05) is 25.7 Å². The normalized spacial score (nSPS) is 11.6. The van der Waals surface area contributed by atoms with E-state index < -0.39 is 30.0 Å².